The molecule has 1 aromatic carbocycles. The van der Waals surface area contributed by atoms with Crippen LogP contribution in [0.25, 0.3) is 0 Å². The van der Waals surface area contributed by atoms with Gasteiger partial charge in [-0.2, -0.15) is 0 Å². The van der Waals surface area contributed by atoms with Crippen molar-refractivity contribution in [2.75, 3.05) is 32.8 Å². The topological polar surface area (TPSA) is 41.9 Å². The summed E-state index contributed by atoms with van der Waals surface area (Å²) in [6.45, 7) is 8.49. The minimum absolute atomic E-state index is 0.143. The van der Waals surface area contributed by atoms with Gasteiger partial charge in [0.1, 0.15) is 18.5 Å². The second-order valence-electron chi connectivity index (χ2n) is 5.19. The SMILES string of the molecule is CCC(O)c1ccc(OCC2CN(CC)CCO2)cc1. The fourth-order valence-electron chi connectivity index (χ4n) is 2.38. The highest BCUT2D eigenvalue weighted by Crippen LogP contribution is 2.20. The predicted molar refractivity (Wildman–Crippen MR) is 79.0 cm³/mol. The molecular weight excluding hydrogens is 254 g/mol. The van der Waals surface area contributed by atoms with E-state index in [9.17, 15) is 5.11 Å². The summed E-state index contributed by atoms with van der Waals surface area (Å²) in [5, 5.41) is 9.74. The van der Waals surface area contributed by atoms with Gasteiger partial charge in [0.15, 0.2) is 0 Å². The summed E-state index contributed by atoms with van der Waals surface area (Å²) < 4.78 is 11.5. The fourth-order valence-corrected chi connectivity index (χ4v) is 2.38. The molecule has 0 bridgehead atoms. The largest absolute Gasteiger partial charge is 0.491 e. The van der Waals surface area contributed by atoms with E-state index in [1.165, 1.54) is 0 Å². The van der Waals surface area contributed by atoms with E-state index in [4.69, 9.17) is 9.47 Å². The highest BCUT2D eigenvalue weighted by atomic mass is 16.5. The van der Waals surface area contributed by atoms with E-state index in [1.54, 1.807) is 0 Å². The monoisotopic (exact) mass is 279 g/mol. The summed E-state index contributed by atoms with van der Waals surface area (Å²) in [6, 6.07) is 7.66. The maximum absolute atomic E-state index is 9.74. The first kappa shape index (κ1) is 15.3. The van der Waals surface area contributed by atoms with Gasteiger partial charge in [-0.15, -0.1) is 0 Å². The Morgan fingerprint density at radius 2 is 2.10 bits per heavy atom. The van der Waals surface area contributed by atoms with Gasteiger partial charge < -0.3 is 14.6 Å². The van der Waals surface area contributed by atoms with Gasteiger partial charge in [0.2, 0.25) is 0 Å². The molecule has 0 aliphatic carbocycles. The first-order valence-electron chi connectivity index (χ1n) is 7.47. The lowest BCUT2D eigenvalue weighted by atomic mass is 10.1. The summed E-state index contributed by atoms with van der Waals surface area (Å²) in [4.78, 5) is 2.37. The lowest BCUT2D eigenvalue weighted by molar-refractivity contribution is -0.0464. The normalized spacial score (nSPS) is 21.6. The smallest absolute Gasteiger partial charge is 0.119 e. The van der Waals surface area contributed by atoms with E-state index in [0.717, 1.165) is 44.0 Å². The molecule has 0 amide bonds. The Morgan fingerprint density at radius 3 is 2.75 bits per heavy atom. The third kappa shape index (κ3) is 4.20. The molecule has 1 heterocycles. The zero-order valence-corrected chi connectivity index (χ0v) is 12.4. The van der Waals surface area contributed by atoms with Crippen LogP contribution < -0.4 is 4.74 Å². The van der Waals surface area contributed by atoms with Crippen molar-refractivity contribution in [1.82, 2.24) is 4.90 Å². The summed E-state index contributed by atoms with van der Waals surface area (Å²) in [5.74, 6) is 0.828. The van der Waals surface area contributed by atoms with E-state index in [2.05, 4.69) is 11.8 Å². The molecule has 1 N–H and O–H groups in total. The first-order chi connectivity index (χ1) is 9.72. The van der Waals surface area contributed by atoms with Crippen LogP contribution >= 0.6 is 0 Å². The van der Waals surface area contributed by atoms with Crippen LogP contribution in [0.3, 0.4) is 0 Å². The van der Waals surface area contributed by atoms with E-state index < -0.39 is 0 Å². The van der Waals surface area contributed by atoms with E-state index >= 15 is 0 Å². The summed E-state index contributed by atoms with van der Waals surface area (Å²) in [7, 11) is 0. The third-order valence-electron chi connectivity index (χ3n) is 3.76. The van der Waals surface area contributed by atoms with Crippen molar-refractivity contribution in [3.05, 3.63) is 29.8 Å². The third-order valence-corrected chi connectivity index (χ3v) is 3.76. The number of ether oxygens (including phenoxy) is 2. The molecule has 2 rings (SSSR count). The van der Waals surface area contributed by atoms with Gasteiger partial charge in [-0.25, -0.2) is 0 Å². The Labute approximate surface area is 121 Å². The summed E-state index contributed by atoms with van der Waals surface area (Å²) in [5.41, 5.74) is 0.936. The molecule has 0 radical (unpaired) electrons. The van der Waals surface area contributed by atoms with Crippen molar-refractivity contribution in [3.63, 3.8) is 0 Å². The van der Waals surface area contributed by atoms with Crippen LogP contribution in [0, 0.1) is 0 Å². The van der Waals surface area contributed by atoms with Crippen molar-refractivity contribution in [3.8, 4) is 5.75 Å². The first-order valence-corrected chi connectivity index (χ1v) is 7.47. The van der Waals surface area contributed by atoms with Crippen molar-refractivity contribution < 1.29 is 14.6 Å². The highest BCUT2D eigenvalue weighted by Gasteiger charge is 2.19. The number of morpholine rings is 1. The molecule has 2 atom stereocenters. The summed E-state index contributed by atoms with van der Waals surface area (Å²) >= 11 is 0. The van der Waals surface area contributed by atoms with Crippen LogP contribution in [0.4, 0.5) is 0 Å². The van der Waals surface area contributed by atoms with E-state index in [0.29, 0.717) is 6.61 Å². The number of rotatable bonds is 6. The molecule has 4 nitrogen and oxygen atoms in total. The van der Waals surface area contributed by atoms with Crippen molar-refractivity contribution in [1.29, 1.82) is 0 Å². The highest BCUT2D eigenvalue weighted by molar-refractivity contribution is 5.28. The Hall–Kier alpha value is -1.10. The number of nitrogens with zero attached hydrogens (tertiary/aromatic N) is 1. The zero-order chi connectivity index (χ0) is 14.4. The molecule has 0 aromatic heterocycles. The van der Waals surface area contributed by atoms with Gasteiger partial charge in [0, 0.05) is 13.1 Å². The molecule has 20 heavy (non-hydrogen) atoms. The Kier molecular flexibility index (Phi) is 5.83. The lowest BCUT2D eigenvalue weighted by Crippen LogP contribution is -2.44. The van der Waals surface area contributed by atoms with Crippen molar-refractivity contribution in [2.24, 2.45) is 0 Å². The zero-order valence-electron chi connectivity index (χ0n) is 12.4. The number of hydrogen-bond donors (Lipinski definition) is 1. The molecule has 0 saturated carbocycles. The fraction of sp³-hybridized carbons (Fsp3) is 0.625. The molecule has 1 aliphatic heterocycles. The minimum Gasteiger partial charge on any atom is -0.491 e. The standard InChI is InChI=1S/C16H25NO3/c1-3-16(18)13-5-7-14(8-6-13)20-12-15-11-17(4-2)9-10-19-15/h5-8,15-16,18H,3-4,9-12H2,1-2H3. The molecule has 1 fully saturated rings. The second-order valence-corrected chi connectivity index (χ2v) is 5.19. The quantitative estimate of drug-likeness (QED) is 0.867. The molecule has 112 valence electrons. The average Bonchev–Trinajstić information content (AvgIpc) is 2.53. The Morgan fingerprint density at radius 1 is 1.35 bits per heavy atom. The molecule has 1 aliphatic rings. The van der Waals surface area contributed by atoms with E-state index in [-0.39, 0.29) is 12.2 Å². The van der Waals surface area contributed by atoms with Crippen LogP contribution in [0.1, 0.15) is 31.9 Å². The molecular formula is C16H25NO3. The number of likely N-dealkylation sites (N-methyl/N-ethyl adjacent to an activating group) is 1. The van der Waals surface area contributed by atoms with Crippen LogP contribution in [0.5, 0.6) is 5.75 Å². The van der Waals surface area contributed by atoms with Crippen molar-refractivity contribution >= 4 is 0 Å². The van der Waals surface area contributed by atoms with Crippen molar-refractivity contribution in [2.45, 2.75) is 32.5 Å². The van der Waals surface area contributed by atoms with Gasteiger partial charge in [-0.1, -0.05) is 26.0 Å². The van der Waals surface area contributed by atoms with Gasteiger partial charge in [-0.05, 0) is 30.7 Å². The maximum atomic E-state index is 9.74. The number of benzene rings is 1. The van der Waals surface area contributed by atoms with Gasteiger partial charge in [0.05, 0.1) is 12.7 Å². The number of aliphatic hydroxyl groups is 1. The van der Waals surface area contributed by atoms with Crippen LogP contribution in [0.15, 0.2) is 24.3 Å². The lowest BCUT2D eigenvalue weighted by Gasteiger charge is -2.31. The second kappa shape index (κ2) is 7.62. The minimum atomic E-state index is -0.385. The summed E-state index contributed by atoms with van der Waals surface area (Å²) in [6.07, 6.45) is 0.483. The van der Waals surface area contributed by atoms with Crippen LogP contribution in [-0.2, 0) is 4.74 Å². The molecule has 1 aromatic rings. The van der Waals surface area contributed by atoms with Gasteiger partial charge >= 0.3 is 0 Å². The van der Waals surface area contributed by atoms with Gasteiger partial charge in [-0.3, -0.25) is 4.90 Å². The number of hydrogen-bond acceptors (Lipinski definition) is 4. The predicted octanol–water partition coefficient (Wildman–Crippen LogP) is 2.23. The molecule has 0 spiro atoms. The average molecular weight is 279 g/mol. The molecule has 1 saturated heterocycles. The molecule has 2 unspecified atom stereocenters. The Bertz CT molecular complexity index is 393. The maximum Gasteiger partial charge on any atom is 0.119 e. The number of aliphatic hydroxyl groups excluding tert-OH is 1. The van der Waals surface area contributed by atoms with Gasteiger partial charge in [0.25, 0.3) is 0 Å². The van der Waals surface area contributed by atoms with E-state index in [1.807, 2.05) is 31.2 Å². The van der Waals surface area contributed by atoms with Crippen LogP contribution in [0.2, 0.25) is 0 Å². The molecule has 4 heteroatoms. The van der Waals surface area contributed by atoms with Crippen LogP contribution in [-0.4, -0.2) is 49.0 Å². The Balaban J connectivity index is 1.81.